The molecule has 0 atom stereocenters. The first-order valence-corrected chi connectivity index (χ1v) is 10.1. The van der Waals surface area contributed by atoms with Crippen molar-refractivity contribution in [2.24, 2.45) is 0 Å². The monoisotopic (exact) mass is 499 g/mol. The van der Waals surface area contributed by atoms with Gasteiger partial charge in [0.1, 0.15) is 11.6 Å². The van der Waals surface area contributed by atoms with E-state index in [-0.39, 0.29) is 22.0 Å². The van der Waals surface area contributed by atoms with E-state index in [9.17, 15) is 18.8 Å². The van der Waals surface area contributed by atoms with Gasteiger partial charge in [0.15, 0.2) is 6.61 Å². The van der Waals surface area contributed by atoms with Gasteiger partial charge >= 0.3 is 5.97 Å². The highest BCUT2D eigenvalue weighted by atomic mass is 79.9. The van der Waals surface area contributed by atoms with Crippen LogP contribution < -0.4 is 4.74 Å². The molecule has 6 nitrogen and oxygen atoms in total. The van der Waals surface area contributed by atoms with E-state index in [2.05, 4.69) is 15.9 Å². The number of halogens is 3. The third-order valence-electron chi connectivity index (χ3n) is 3.86. The van der Waals surface area contributed by atoms with Crippen molar-refractivity contribution >= 4 is 62.5 Å². The van der Waals surface area contributed by atoms with E-state index < -0.39 is 29.5 Å². The number of rotatable bonds is 6. The van der Waals surface area contributed by atoms with Gasteiger partial charge in [-0.3, -0.25) is 14.5 Å². The molecule has 1 N–H and O–H groups in total. The van der Waals surface area contributed by atoms with Gasteiger partial charge in [-0.2, -0.15) is 0 Å². The number of hydrogen-bond donors (Lipinski definition) is 1. The van der Waals surface area contributed by atoms with Crippen LogP contribution >= 0.6 is 39.3 Å². The van der Waals surface area contributed by atoms with Crippen molar-refractivity contribution in [2.45, 2.75) is 6.54 Å². The van der Waals surface area contributed by atoms with E-state index in [0.29, 0.717) is 15.8 Å². The average molecular weight is 501 g/mol. The fourth-order valence-corrected chi connectivity index (χ4v) is 4.06. The lowest BCUT2D eigenvalue weighted by Gasteiger charge is -2.14. The number of benzene rings is 2. The lowest BCUT2D eigenvalue weighted by Crippen LogP contribution is -2.28. The molecule has 0 spiro atoms. The Balaban J connectivity index is 1.79. The molecule has 29 heavy (non-hydrogen) atoms. The summed E-state index contributed by atoms with van der Waals surface area (Å²) < 4.78 is 19.6. The van der Waals surface area contributed by atoms with Crippen LogP contribution in [0.25, 0.3) is 6.08 Å². The maximum Gasteiger partial charge on any atom is 0.341 e. The first-order valence-electron chi connectivity index (χ1n) is 8.08. The molecule has 0 bridgehead atoms. The molecule has 3 rings (SSSR count). The first kappa shape index (κ1) is 21.4. The maximum absolute atomic E-state index is 14.0. The molecular formula is C19H12BrClFNO5S. The van der Waals surface area contributed by atoms with Gasteiger partial charge in [0.2, 0.25) is 0 Å². The van der Waals surface area contributed by atoms with Crippen molar-refractivity contribution < 1.29 is 28.6 Å². The molecule has 1 heterocycles. The number of carboxylic acid groups (broad SMARTS) is 1. The fourth-order valence-electron chi connectivity index (χ4n) is 2.49. The Hall–Kier alpha value is -2.36. The van der Waals surface area contributed by atoms with Gasteiger partial charge < -0.3 is 9.84 Å². The van der Waals surface area contributed by atoms with Gasteiger partial charge in [-0.05, 0) is 63.6 Å². The summed E-state index contributed by atoms with van der Waals surface area (Å²) in [6.45, 7) is -0.755. The minimum Gasteiger partial charge on any atom is -0.481 e. The number of carboxylic acids is 1. The molecule has 1 saturated heterocycles. The summed E-state index contributed by atoms with van der Waals surface area (Å²) in [6, 6.07) is 8.92. The number of hydrogen-bond acceptors (Lipinski definition) is 5. The van der Waals surface area contributed by atoms with Gasteiger partial charge in [0, 0.05) is 10.6 Å². The van der Waals surface area contributed by atoms with Crippen LogP contribution in [0.1, 0.15) is 11.1 Å². The Morgan fingerprint density at radius 3 is 2.72 bits per heavy atom. The molecule has 1 fully saturated rings. The molecule has 2 amide bonds. The fraction of sp³-hybridized carbons (Fsp3) is 0.105. The molecule has 2 aromatic carbocycles. The summed E-state index contributed by atoms with van der Waals surface area (Å²) in [6.07, 6.45) is 1.51. The van der Waals surface area contributed by atoms with E-state index in [0.717, 1.165) is 16.7 Å². The molecule has 10 heteroatoms. The maximum atomic E-state index is 14.0. The minimum atomic E-state index is -1.11. The Morgan fingerprint density at radius 2 is 2.07 bits per heavy atom. The largest absolute Gasteiger partial charge is 0.481 e. The third kappa shape index (κ3) is 4.98. The minimum absolute atomic E-state index is 0.0698. The normalized spacial score (nSPS) is 15.3. The zero-order chi connectivity index (χ0) is 21.1. The van der Waals surface area contributed by atoms with E-state index >= 15 is 0 Å². The summed E-state index contributed by atoms with van der Waals surface area (Å²) in [5.74, 6) is -1.93. The lowest BCUT2D eigenvalue weighted by atomic mass is 10.2. The Bertz CT molecular complexity index is 1030. The van der Waals surface area contributed by atoms with E-state index in [4.69, 9.17) is 21.4 Å². The van der Waals surface area contributed by atoms with Crippen LogP contribution in [0.15, 0.2) is 45.8 Å². The summed E-state index contributed by atoms with van der Waals surface area (Å²) in [5, 5.41) is 8.28. The first-order chi connectivity index (χ1) is 13.8. The molecule has 0 saturated carbocycles. The summed E-state index contributed by atoms with van der Waals surface area (Å²) in [4.78, 5) is 36.6. The number of thioether (sulfide) groups is 1. The smallest absolute Gasteiger partial charge is 0.341 e. The topological polar surface area (TPSA) is 83.9 Å². The molecule has 0 unspecified atom stereocenters. The molecule has 0 aromatic heterocycles. The highest BCUT2D eigenvalue weighted by molar-refractivity contribution is 9.10. The van der Waals surface area contributed by atoms with Crippen molar-refractivity contribution in [1.29, 1.82) is 0 Å². The van der Waals surface area contributed by atoms with E-state index in [1.165, 1.54) is 24.3 Å². The number of carbonyl (C=O) groups is 3. The number of aliphatic carboxylic acids is 1. The summed E-state index contributed by atoms with van der Waals surface area (Å²) in [5.41, 5.74) is 0.661. The molecule has 0 radical (unpaired) electrons. The quantitative estimate of drug-likeness (QED) is 0.566. The molecule has 0 aliphatic carbocycles. The zero-order valence-electron chi connectivity index (χ0n) is 14.5. The Labute approximate surface area is 182 Å². The highest BCUT2D eigenvalue weighted by Crippen LogP contribution is 2.35. The van der Waals surface area contributed by atoms with Gasteiger partial charge in [-0.15, -0.1) is 0 Å². The van der Waals surface area contributed by atoms with E-state index in [1.807, 2.05) is 0 Å². The van der Waals surface area contributed by atoms with Gasteiger partial charge in [0.25, 0.3) is 11.1 Å². The van der Waals surface area contributed by atoms with Crippen LogP contribution in [-0.2, 0) is 16.1 Å². The third-order valence-corrected chi connectivity index (χ3v) is 5.74. The second kappa shape index (κ2) is 8.98. The van der Waals surface area contributed by atoms with Gasteiger partial charge in [-0.1, -0.05) is 23.7 Å². The summed E-state index contributed by atoms with van der Waals surface area (Å²) >= 11 is 10.00. The zero-order valence-corrected chi connectivity index (χ0v) is 17.7. The van der Waals surface area contributed by atoms with Crippen molar-refractivity contribution in [3.05, 3.63) is 67.7 Å². The van der Waals surface area contributed by atoms with Crippen LogP contribution in [0.3, 0.4) is 0 Å². The number of nitrogens with zero attached hydrogens (tertiary/aromatic N) is 1. The Morgan fingerprint density at radius 1 is 1.31 bits per heavy atom. The van der Waals surface area contributed by atoms with E-state index in [1.54, 1.807) is 18.2 Å². The number of carbonyl (C=O) groups excluding carboxylic acids is 2. The van der Waals surface area contributed by atoms with Crippen LogP contribution in [-0.4, -0.2) is 33.7 Å². The Kier molecular flexibility index (Phi) is 6.61. The van der Waals surface area contributed by atoms with Crippen LogP contribution in [0, 0.1) is 5.82 Å². The average Bonchev–Trinajstić information content (AvgIpc) is 2.91. The number of imide groups is 1. The standard InChI is InChI=1S/C19H12BrClFNO5S/c20-12-6-10(4-5-15(12)28-9-17(24)25)7-16-18(26)23(19(27)29-16)8-11-13(21)2-1-3-14(11)22/h1-7H,8-9H2,(H,24,25)/b16-7-. The second-order valence-electron chi connectivity index (χ2n) is 5.84. The molecular weight excluding hydrogens is 489 g/mol. The predicted octanol–water partition coefficient (Wildman–Crippen LogP) is 4.94. The lowest BCUT2D eigenvalue weighted by molar-refractivity contribution is -0.139. The van der Waals surface area contributed by atoms with Crippen LogP contribution in [0.4, 0.5) is 9.18 Å². The van der Waals surface area contributed by atoms with Crippen molar-refractivity contribution in [3.8, 4) is 5.75 Å². The van der Waals surface area contributed by atoms with Crippen molar-refractivity contribution in [2.75, 3.05) is 6.61 Å². The highest BCUT2D eigenvalue weighted by Gasteiger charge is 2.35. The molecule has 1 aliphatic heterocycles. The van der Waals surface area contributed by atoms with Crippen molar-refractivity contribution in [3.63, 3.8) is 0 Å². The van der Waals surface area contributed by atoms with Gasteiger partial charge in [0.05, 0.1) is 15.9 Å². The number of amides is 2. The van der Waals surface area contributed by atoms with Gasteiger partial charge in [-0.25, -0.2) is 9.18 Å². The van der Waals surface area contributed by atoms with Crippen molar-refractivity contribution in [1.82, 2.24) is 4.90 Å². The predicted molar refractivity (Wildman–Crippen MR) is 110 cm³/mol. The molecule has 150 valence electrons. The summed E-state index contributed by atoms with van der Waals surface area (Å²) in [7, 11) is 0. The molecule has 2 aromatic rings. The SMILES string of the molecule is O=C(O)COc1ccc(/C=C2\SC(=O)N(Cc3c(F)cccc3Cl)C2=O)cc1Br. The second-order valence-corrected chi connectivity index (χ2v) is 8.10. The molecule has 1 aliphatic rings. The number of ether oxygens (including phenoxy) is 1. The van der Waals surface area contributed by atoms with Crippen LogP contribution in [0.5, 0.6) is 5.75 Å². The van der Waals surface area contributed by atoms with Crippen LogP contribution in [0.2, 0.25) is 5.02 Å².